The maximum absolute atomic E-state index is 14.7. The van der Waals surface area contributed by atoms with Gasteiger partial charge in [0.15, 0.2) is 5.78 Å². The van der Waals surface area contributed by atoms with Crippen molar-refractivity contribution in [2.45, 2.75) is 44.8 Å². The van der Waals surface area contributed by atoms with Gasteiger partial charge in [0.25, 0.3) is 0 Å². The Balaban J connectivity index is 1.38. The quantitative estimate of drug-likeness (QED) is 0.232. The number of esters is 1. The molecule has 2 aliphatic heterocycles. The van der Waals surface area contributed by atoms with Crippen LogP contribution in [0, 0.1) is 18.3 Å². The molecule has 1 saturated heterocycles. The molecule has 3 aliphatic rings. The van der Waals surface area contributed by atoms with Crippen LogP contribution in [0.5, 0.6) is 5.75 Å². The molecule has 3 aromatic rings. The Bertz CT molecular complexity index is 1620. The lowest BCUT2D eigenvalue weighted by Gasteiger charge is -2.50. The highest BCUT2D eigenvalue weighted by atomic mass is 32.1. The van der Waals surface area contributed by atoms with Gasteiger partial charge in [0.2, 0.25) is 17.7 Å². The number of hydrogen-bond donors (Lipinski definition) is 0. The van der Waals surface area contributed by atoms with Crippen molar-refractivity contribution >= 4 is 39.9 Å². The number of thiophene rings is 1. The molecule has 0 bridgehead atoms. The average Bonchev–Trinajstić information content (AvgIpc) is 3.70. The Hall–Kier alpha value is -4.07. The molecule has 46 heavy (non-hydrogen) atoms. The number of carbonyl (C=O) groups excluding carboxylic acids is 4. The minimum absolute atomic E-state index is 0.0364. The Morgan fingerprint density at radius 2 is 1.91 bits per heavy atom. The second kappa shape index (κ2) is 13.0. The van der Waals surface area contributed by atoms with Crippen LogP contribution >= 0.6 is 11.3 Å². The number of para-hydroxylation sites is 1. The van der Waals surface area contributed by atoms with Gasteiger partial charge in [0.1, 0.15) is 35.1 Å². The van der Waals surface area contributed by atoms with E-state index in [1.54, 1.807) is 12.0 Å². The fourth-order valence-corrected chi connectivity index (χ4v) is 7.92. The monoisotopic (exact) mass is 651 g/mol. The number of amides is 2. The third kappa shape index (κ3) is 5.60. The van der Waals surface area contributed by atoms with Crippen LogP contribution in [0.1, 0.15) is 53.3 Å². The number of fused-ring (bicyclic) bond motifs is 1. The van der Waals surface area contributed by atoms with Crippen molar-refractivity contribution in [2.75, 3.05) is 52.5 Å². The molecule has 0 unspecified atom stereocenters. The molecule has 2 aromatic heterocycles. The second-order valence-electron chi connectivity index (χ2n) is 12.0. The fourth-order valence-electron chi connectivity index (χ4n) is 6.67. The number of likely N-dealkylation sites (N-methyl/N-ethyl adjacent to an activating group) is 1. The van der Waals surface area contributed by atoms with Crippen LogP contribution in [-0.4, -0.2) is 87.1 Å². The van der Waals surface area contributed by atoms with Crippen LogP contribution in [0.25, 0.3) is 10.8 Å². The number of ether oxygens (including phenoxy) is 4. The molecule has 12 nitrogen and oxygen atoms in total. The lowest BCUT2D eigenvalue weighted by atomic mass is 9.56. The normalized spacial score (nSPS) is 21.9. The van der Waals surface area contributed by atoms with Gasteiger partial charge in [-0.1, -0.05) is 18.2 Å². The molecule has 2 amide bonds. The van der Waals surface area contributed by atoms with E-state index in [2.05, 4.69) is 4.98 Å². The van der Waals surface area contributed by atoms with Crippen LogP contribution in [-0.2, 0) is 28.6 Å². The predicted molar refractivity (Wildman–Crippen MR) is 167 cm³/mol. The number of hydrogen-bond acceptors (Lipinski definition) is 11. The van der Waals surface area contributed by atoms with Crippen molar-refractivity contribution in [2.24, 2.45) is 11.3 Å². The molecular weight excluding hydrogens is 614 g/mol. The molecular formula is C33H37N3O9S. The topological polar surface area (TPSA) is 138 Å². The summed E-state index contributed by atoms with van der Waals surface area (Å²) in [6.45, 7) is 2.89. The van der Waals surface area contributed by atoms with E-state index in [1.165, 1.54) is 42.9 Å². The van der Waals surface area contributed by atoms with Crippen molar-refractivity contribution in [3.63, 3.8) is 0 Å². The van der Waals surface area contributed by atoms with Gasteiger partial charge in [-0.3, -0.25) is 24.1 Å². The highest BCUT2D eigenvalue weighted by Gasteiger charge is 2.63. The number of methoxy groups -OCH3 is 2. The molecule has 4 heterocycles. The molecule has 1 spiro atoms. The zero-order valence-corrected chi connectivity index (χ0v) is 27.1. The molecule has 1 saturated carbocycles. The number of oxazole rings is 1. The van der Waals surface area contributed by atoms with Crippen molar-refractivity contribution in [1.82, 2.24) is 9.88 Å². The number of aromatic nitrogens is 1. The first-order valence-corrected chi connectivity index (χ1v) is 16.1. The van der Waals surface area contributed by atoms with Crippen molar-refractivity contribution < 1.29 is 42.5 Å². The third-order valence-electron chi connectivity index (χ3n) is 9.18. The Labute approximate surface area is 270 Å². The number of ketones is 1. The SMILES string of the molecule is COC(=O)CN(C)C(=O)C1CC2(C1)C(=O)c1c(sc(-c3ncco3)c1C)N(C[C@H](OC1CCOCC1)c1ccccc1OC)C2=O. The van der Waals surface area contributed by atoms with Crippen LogP contribution in [0.15, 0.2) is 41.1 Å². The first kappa shape index (κ1) is 31.9. The zero-order chi connectivity index (χ0) is 32.6. The molecule has 244 valence electrons. The predicted octanol–water partition coefficient (Wildman–Crippen LogP) is 4.21. The molecule has 13 heteroatoms. The Morgan fingerprint density at radius 3 is 2.59 bits per heavy atom. The van der Waals surface area contributed by atoms with Gasteiger partial charge in [-0.2, -0.15) is 0 Å². The second-order valence-corrected chi connectivity index (χ2v) is 13.0. The first-order valence-electron chi connectivity index (χ1n) is 15.3. The van der Waals surface area contributed by atoms with Crippen molar-refractivity contribution in [3.8, 4) is 16.5 Å². The maximum Gasteiger partial charge on any atom is 0.325 e. The van der Waals surface area contributed by atoms with Gasteiger partial charge in [0, 0.05) is 31.7 Å². The molecule has 1 aliphatic carbocycles. The summed E-state index contributed by atoms with van der Waals surface area (Å²) < 4.78 is 28.3. The maximum atomic E-state index is 14.7. The van der Waals surface area contributed by atoms with E-state index in [0.717, 1.165) is 5.56 Å². The minimum atomic E-state index is -1.43. The zero-order valence-electron chi connectivity index (χ0n) is 26.3. The summed E-state index contributed by atoms with van der Waals surface area (Å²) in [6, 6.07) is 7.55. The van der Waals surface area contributed by atoms with Gasteiger partial charge < -0.3 is 28.3 Å². The third-order valence-corrected chi connectivity index (χ3v) is 10.5. The van der Waals surface area contributed by atoms with Crippen molar-refractivity contribution in [3.05, 3.63) is 53.4 Å². The highest BCUT2D eigenvalue weighted by molar-refractivity contribution is 7.20. The molecule has 2 fully saturated rings. The van der Waals surface area contributed by atoms with E-state index < -0.39 is 23.4 Å². The molecule has 1 aromatic carbocycles. The lowest BCUT2D eigenvalue weighted by molar-refractivity contribution is -0.152. The summed E-state index contributed by atoms with van der Waals surface area (Å²) in [4.78, 5) is 62.0. The summed E-state index contributed by atoms with van der Waals surface area (Å²) in [5, 5.41) is 0.499. The lowest BCUT2D eigenvalue weighted by Crippen LogP contribution is -2.61. The number of benzene rings is 1. The van der Waals surface area contributed by atoms with Gasteiger partial charge in [-0.05, 0) is 44.2 Å². The van der Waals surface area contributed by atoms with E-state index in [0.29, 0.717) is 58.7 Å². The van der Waals surface area contributed by atoms with Crippen molar-refractivity contribution in [1.29, 1.82) is 0 Å². The van der Waals surface area contributed by atoms with Crippen LogP contribution < -0.4 is 9.64 Å². The Kier molecular flexibility index (Phi) is 8.99. The first-order chi connectivity index (χ1) is 22.2. The van der Waals surface area contributed by atoms with E-state index in [9.17, 15) is 19.2 Å². The largest absolute Gasteiger partial charge is 0.496 e. The van der Waals surface area contributed by atoms with Crippen LogP contribution in [0.4, 0.5) is 5.00 Å². The number of nitrogens with zero attached hydrogens (tertiary/aromatic N) is 3. The molecule has 6 rings (SSSR count). The summed E-state index contributed by atoms with van der Waals surface area (Å²) in [7, 11) is 4.36. The van der Waals surface area contributed by atoms with Crippen LogP contribution in [0.3, 0.4) is 0 Å². The number of Topliss-reactive ketones (excluding diaryl/α,β-unsaturated/α-hetero) is 1. The summed E-state index contributed by atoms with van der Waals surface area (Å²) >= 11 is 1.28. The standard InChI is InChI=1S/C33H37N3O9S/c1-19-26-28(38)33(15-20(16-33)30(39)35(2)18-25(37)42-4)32(40)36(31(26)46-27(19)29-34-11-14-44-29)17-24(45-21-9-12-43-13-10-21)22-7-5-6-8-23(22)41-3/h5-8,11,14,20-21,24H,9-10,12-13,15-18H2,1-4H3/t20?,24-,33?/m0/s1. The van der Waals surface area contributed by atoms with Crippen LogP contribution in [0.2, 0.25) is 0 Å². The molecule has 0 radical (unpaired) electrons. The summed E-state index contributed by atoms with van der Waals surface area (Å²) in [5.74, 6) is -1.16. The highest BCUT2D eigenvalue weighted by Crippen LogP contribution is 2.57. The summed E-state index contributed by atoms with van der Waals surface area (Å²) in [5.41, 5.74) is 0.449. The van der Waals surface area contributed by atoms with Gasteiger partial charge in [0.05, 0.1) is 43.5 Å². The van der Waals surface area contributed by atoms with E-state index in [4.69, 9.17) is 23.4 Å². The van der Waals surface area contributed by atoms with E-state index in [-0.39, 0.29) is 49.6 Å². The minimum Gasteiger partial charge on any atom is -0.496 e. The van der Waals surface area contributed by atoms with Gasteiger partial charge in [-0.25, -0.2) is 4.98 Å². The smallest absolute Gasteiger partial charge is 0.325 e. The Morgan fingerprint density at radius 1 is 1.17 bits per heavy atom. The molecule has 1 atom stereocenters. The fraction of sp³-hybridized carbons (Fsp3) is 0.485. The van der Waals surface area contributed by atoms with E-state index >= 15 is 0 Å². The number of carbonyl (C=O) groups is 4. The van der Waals surface area contributed by atoms with Gasteiger partial charge >= 0.3 is 5.97 Å². The van der Waals surface area contributed by atoms with Gasteiger partial charge in [-0.15, -0.1) is 11.3 Å². The summed E-state index contributed by atoms with van der Waals surface area (Å²) in [6.07, 6.45) is 3.81. The number of anilines is 1. The molecule has 0 N–H and O–H groups in total. The number of rotatable bonds is 10. The van der Waals surface area contributed by atoms with E-state index in [1.807, 2.05) is 31.2 Å². The average molecular weight is 652 g/mol.